The molecule has 2 aliphatic heterocycles. The molecule has 64 heavy (non-hydrogen) atoms. The molecule has 3 N–H and O–H groups in total. The summed E-state index contributed by atoms with van der Waals surface area (Å²) < 4.78 is 8.28. The zero-order chi connectivity index (χ0) is 44.2. The van der Waals surface area contributed by atoms with E-state index in [2.05, 4.69) is 41.2 Å². The number of fused-ring (bicyclic) bond motifs is 1. The number of benzene rings is 2. The highest BCUT2D eigenvalue weighted by molar-refractivity contribution is 7.13. The van der Waals surface area contributed by atoms with Crippen LogP contribution in [0.1, 0.15) is 93.1 Å². The smallest absolute Gasteiger partial charge is 0.243 e. The van der Waals surface area contributed by atoms with Crippen molar-refractivity contribution in [3.8, 4) is 38.7 Å². The summed E-state index contributed by atoms with van der Waals surface area (Å²) in [7, 11) is 0. The maximum absolute atomic E-state index is 14.3. The van der Waals surface area contributed by atoms with E-state index in [0.29, 0.717) is 40.3 Å². The number of phenolic OH excluding ortho intramolecular Hbond substituents is 1. The number of hydrogen-bond donors (Lipinski definition) is 3. The van der Waals surface area contributed by atoms with Crippen LogP contribution >= 0.6 is 11.3 Å². The lowest BCUT2D eigenvalue weighted by Crippen LogP contribution is -2.48. The number of aromatic nitrogens is 7. The lowest BCUT2D eigenvalue weighted by molar-refractivity contribution is -0.141. The molecule has 3 aliphatic rings. The van der Waals surface area contributed by atoms with Crippen molar-refractivity contribution in [1.29, 1.82) is 0 Å². The van der Waals surface area contributed by atoms with Crippen LogP contribution in [0, 0.1) is 12.8 Å². The Morgan fingerprint density at radius 3 is 2.41 bits per heavy atom. The molecule has 10 rings (SSSR count). The van der Waals surface area contributed by atoms with Crippen LogP contribution in [0.2, 0.25) is 0 Å². The summed E-state index contributed by atoms with van der Waals surface area (Å²) in [5.74, 6) is -0.132. The van der Waals surface area contributed by atoms with Crippen molar-refractivity contribution in [3.63, 3.8) is 0 Å². The second-order valence-corrected chi connectivity index (χ2v) is 18.6. The predicted molar refractivity (Wildman–Crippen MR) is 243 cm³/mol. The number of aliphatic hydroxyl groups excluding tert-OH is 1. The number of rotatable bonds is 12. The summed E-state index contributed by atoms with van der Waals surface area (Å²) in [4.78, 5) is 46.8. The van der Waals surface area contributed by atoms with Crippen molar-refractivity contribution >= 4 is 40.1 Å². The number of thiazole rings is 1. The molecule has 3 fully saturated rings. The normalized spacial score (nSPS) is 19.8. The molecule has 1 saturated carbocycles. The molecule has 5 atom stereocenters. The van der Waals surface area contributed by atoms with Gasteiger partial charge in [0.1, 0.15) is 34.7 Å². The molecule has 0 spiro atoms. The van der Waals surface area contributed by atoms with Gasteiger partial charge in [0.15, 0.2) is 0 Å². The first-order chi connectivity index (χ1) is 31.0. The molecule has 7 aromatic rings. The van der Waals surface area contributed by atoms with Gasteiger partial charge in [0.05, 0.1) is 39.4 Å². The van der Waals surface area contributed by atoms with E-state index in [1.54, 1.807) is 41.9 Å². The summed E-state index contributed by atoms with van der Waals surface area (Å²) in [5.41, 5.74) is 10.4. The second-order valence-electron chi connectivity index (χ2n) is 17.7. The van der Waals surface area contributed by atoms with E-state index in [1.165, 1.54) is 10.6 Å². The number of aliphatic hydroxyl groups is 1. The van der Waals surface area contributed by atoms with Crippen LogP contribution in [-0.2, 0) is 9.59 Å². The van der Waals surface area contributed by atoms with Crippen molar-refractivity contribution < 1.29 is 24.3 Å². The molecule has 2 unspecified atom stereocenters. The van der Waals surface area contributed by atoms with Crippen LogP contribution in [0.5, 0.6) is 5.75 Å². The molecule has 0 bridgehead atoms. The number of likely N-dealkylation sites (tertiary alicyclic amines) is 1. The van der Waals surface area contributed by atoms with Gasteiger partial charge in [0, 0.05) is 73.3 Å². The number of amides is 2. The molecular formula is C48H50N10O5S. The summed E-state index contributed by atoms with van der Waals surface area (Å²) in [5, 5.41) is 37.7. The van der Waals surface area contributed by atoms with Gasteiger partial charge in [-0.1, -0.05) is 55.4 Å². The van der Waals surface area contributed by atoms with E-state index in [-0.39, 0.29) is 48.4 Å². The summed E-state index contributed by atoms with van der Waals surface area (Å²) in [6.45, 7) is 9.34. The van der Waals surface area contributed by atoms with Crippen LogP contribution in [-0.4, -0.2) is 93.6 Å². The Balaban J connectivity index is 0.807. The van der Waals surface area contributed by atoms with E-state index >= 15 is 0 Å². The zero-order valence-corrected chi connectivity index (χ0v) is 36.9. The molecule has 0 radical (unpaired) electrons. The van der Waals surface area contributed by atoms with Gasteiger partial charge in [-0.2, -0.15) is 0 Å². The minimum absolute atomic E-state index is 0.0442. The van der Waals surface area contributed by atoms with Gasteiger partial charge in [-0.15, -0.1) is 21.5 Å². The third kappa shape index (κ3) is 7.89. The fourth-order valence-corrected chi connectivity index (χ4v) is 10.2. The number of para-hydroxylation sites is 1. The number of nitrogens with zero attached hydrogens (tertiary/aromatic N) is 9. The number of β-amino-alcohol motifs (C(OH)–C–C–N with tert-alkyl or cyclic N) is 1. The number of carbonyl (C=O) groups excluding carboxylic acids is 2. The molecular weight excluding hydrogens is 829 g/mol. The fraction of sp³-hybridized carbons (Fsp3) is 0.375. The van der Waals surface area contributed by atoms with Crippen molar-refractivity contribution in [1.82, 2.24) is 45.1 Å². The van der Waals surface area contributed by atoms with Gasteiger partial charge in [-0.25, -0.2) is 15.0 Å². The highest BCUT2D eigenvalue weighted by Gasteiger charge is 2.44. The summed E-state index contributed by atoms with van der Waals surface area (Å²) in [6.07, 6.45) is 5.93. The van der Waals surface area contributed by atoms with Gasteiger partial charge >= 0.3 is 0 Å². The van der Waals surface area contributed by atoms with Crippen LogP contribution in [0.3, 0.4) is 0 Å². The average Bonchev–Trinajstić information content (AvgIpc) is 3.81. The largest absolute Gasteiger partial charge is 0.507 e. The molecule has 2 aromatic carbocycles. The van der Waals surface area contributed by atoms with Crippen molar-refractivity contribution in [2.24, 2.45) is 5.92 Å². The van der Waals surface area contributed by atoms with E-state index < -0.39 is 18.1 Å². The Hall–Kier alpha value is -6.52. The minimum atomic E-state index is -0.840. The number of hydrogen-bond acceptors (Lipinski definition) is 13. The number of aromatic hydroxyl groups is 1. The van der Waals surface area contributed by atoms with Gasteiger partial charge in [-0.3, -0.25) is 9.59 Å². The number of phenols is 1. The van der Waals surface area contributed by atoms with Crippen LogP contribution in [0.25, 0.3) is 44.0 Å². The molecule has 15 nitrogen and oxygen atoms in total. The van der Waals surface area contributed by atoms with Gasteiger partial charge in [0.2, 0.25) is 17.8 Å². The summed E-state index contributed by atoms with van der Waals surface area (Å²) >= 11 is 1.59. The number of anilines is 1. The first kappa shape index (κ1) is 41.5. The average molecular weight is 879 g/mol. The number of carbonyl (C=O) groups is 2. The molecule has 2 saturated heterocycles. The zero-order valence-electron chi connectivity index (χ0n) is 36.1. The van der Waals surface area contributed by atoms with Gasteiger partial charge in [0.25, 0.3) is 0 Å². The quantitative estimate of drug-likeness (QED) is 0.109. The minimum Gasteiger partial charge on any atom is -0.507 e. The molecule has 328 valence electrons. The standard InChI is InChI=1S/C48H50N10O5S/c1-26(2)44(47(62)57-24-34(59)17-41(57)46(61)52-27(3)29-9-11-30(12-10-29)45-28(4)51-25-64-45)43-20-36(55-63-43)32-21-49-48(50-22-32)56-16-15-31(23-56)39-19-38-40(58(39)33-13-14-33)18-37(53-54-38)35-7-5-6-8-42(35)60/h5-12,18-22,25-27,31,33-34,41,44,59-60H,13-17,23-24H2,1-4H3,(H,52,61)/t27-,31-,34?,41?,44+/m0/s1. The van der Waals surface area contributed by atoms with Crippen molar-refractivity contribution in [2.75, 3.05) is 24.5 Å². The van der Waals surface area contributed by atoms with Crippen molar-refractivity contribution in [3.05, 3.63) is 107 Å². The molecule has 16 heteroatoms. The highest BCUT2D eigenvalue weighted by Crippen LogP contribution is 2.44. The summed E-state index contributed by atoms with van der Waals surface area (Å²) in [6, 6.07) is 20.5. The third-order valence-electron chi connectivity index (χ3n) is 12.9. The molecule has 7 heterocycles. The SMILES string of the molecule is Cc1ncsc1-c1ccc([C@H](C)NC(=O)C2CC(O)CN2C(=O)[C@@H](c2cc(-c3cnc(N4CC[C@H](c5cc6nnc(-c7ccccc7O)cc6n5C5CC5)C4)nc3)no2)C(C)C)cc1. The first-order valence-electron chi connectivity index (χ1n) is 22.0. The monoisotopic (exact) mass is 878 g/mol. The van der Waals surface area contributed by atoms with E-state index in [9.17, 15) is 19.8 Å². The predicted octanol–water partition coefficient (Wildman–Crippen LogP) is 7.59. The Kier molecular flexibility index (Phi) is 10.9. The van der Waals surface area contributed by atoms with Crippen LogP contribution in [0.4, 0.5) is 5.95 Å². The Bertz CT molecular complexity index is 2830. The Morgan fingerprint density at radius 1 is 0.906 bits per heavy atom. The van der Waals surface area contributed by atoms with E-state index in [4.69, 9.17) is 14.5 Å². The molecule has 2 amide bonds. The maximum atomic E-state index is 14.3. The lowest BCUT2D eigenvalue weighted by Gasteiger charge is -2.29. The van der Waals surface area contributed by atoms with E-state index in [0.717, 1.165) is 65.1 Å². The molecule has 5 aromatic heterocycles. The Morgan fingerprint density at radius 2 is 1.69 bits per heavy atom. The molecule has 1 aliphatic carbocycles. The fourth-order valence-electron chi connectivity index (χ4n) is 9.40. The second kappa shape index (κ2) is 16.9. The third-order valence-corrected chi connectivity index (χ3v) is 13.9. The lowest BCUT2D eigenvalue weighted by atomic mass is 9.91. The van der Waals surface area contributed by atoms with E-state index in [1.807, 2.05) is 75.7 Å². The van der Waals surface area contributed by atoms with Gasteiger partial charge in [-0.05, 0) is 74.4 Å². The van der Waals surface area contributed by atoms with Gasteiger partial charge < -0.3 is 34.4 Å². The van der Waals surface area contributed by atoms with Crippen LogP contribution < -0.4 is 10.2 Å². The first-order valence-corrected chi connectivity index (χ1v) is 22.9. The maximum Gasteiger partial charge on any atom is 0.243 e. The number of nitrogens with one attached hydrogen (secondary N) is 1. The Labute approximate surface area is 374 Å². The number of aryl methyl sites for hydroxylation is 1. The van der Waals surface area contributed by atoms with Crippen LogP contribution in [0.15, 0.2) is 89.2 Å². The van der Waals surface area contributed by atoms with Crippen molar-refractivity contribution in [2.45, 2.75) is 89.4 Å². The highest BCUT2D eigenvalue weighted by atomic mass is 32.1. The topological polar surface area (TPSA) is 189 Å².